The van der Waals surface area contributed by atoms with Crippen LogP contribution in [0.25, 0.3) is 27.6 Å². The highest BCUT2D eigenvalue weighted by Gasteiger charge is 2.21. The molecule has 0 spiro atoms. The Balaban J connectivity index is 2.11. The van der Waals surface area contributed by atoms with Crippen molar-refractivity contribution in [3.05, 3.63) is 65.2 Å². The van der Waals surface area contributed by atoms with Gasteiger partial charge in [0.15, 0.2) is 0 Å². The second-order valence-corrected chi connectivity index (χ2v) is 7.94. The predicted molar refractivity (Wildman–Crippen MR) is 111 cm³/mol. The summed E-state index contributed by atoms with van der Waals surface area (Å²) >= 11 is 0. The summed E-state index contributed by atoms with van der Waals surface area (Å²) in [4.78, 5) is 0. The number of benzene rings is 3. The van der Waals surface area contributed by atoms with E-state index in [0.717, 1.165) is 6.42 Å². The highest BCUT2D eigenvalue weighted by atomic mass is 14.2. The van der Waals surface area contributed by atoms with Gasteiger partial charge < -0.3 is 0 Å². The van der Waals surface area contributed by atoms with Crippen molar-refractivity contribution in [1.82, 2.24) is 0 Å². The van der Waals surface area contributed by atoms with Crippen molar-refractivity contribution in [2.24, 2.45) is 5.92 Å². The van der Waals surface area contributed by atoms with E-state index in [4.69, 9.17) is 0 Å². The highest BCUT2D eigenvalue weighted by molar-refractivity contribution is 6.13. The van der Waals surface area contributed by atoms with Gasteiger partial charge in [-0.05, 0) is 75.8 Å². The Bertz CT molecular complexity index is 943. The zero-order valence-corrected chi connectivity index (χ0v) is 15.7. The molecule has 0 saturated heterocycles. The van der Waals surface area contributed by atoms with Gasteiger partial charge in [-0.1, -0.05) is 75.4 Å². The van der Waals surface area contributed by atoms with Crippen LogP contribution in [0.4, 0.5) is 0 Å². The van der Waals surface area contributed by atoms with Gasteiger partial charge >= 0.3 is 0 Å². The van der Waals surface area contributed by atoms with Crippen molar-refractivity contribution in [3.8, 4) is 0 Å². The molecule has 3 aromatic carbocycles. The molecule has 128 valence electrons. The summed E-state index contributed by atoms with van der Waals surface area (Å²) < 4.78 is 0. The van der Waals surface area contributed by atoms with Crippen molar-refractivity contribution in [1.29, 1.82) is 0 Å². The molecule has 0 heteroatoms. The lowest BCUT2D eigenvalue weighted by Gasteiger charge is -2.21. The molecule has 0 saturated carbocycles. The van der Waals surface area contributed by atoms with Crippen LogP contribution in [0.3, 0.4) is 0 Å². The third-order valence-corrected chi connectivity index (χ3v) is 5.68. The minimum atomic E-state index is 0.660. The maximum absolute atomic E-state index is 2.46. The molecule has 1 unspecified atom stereocenters. The number of rotatable bonds is 3. The molecule has 1 aliphatic carbocycles. The Morgan fingerprint density at radius 3 is 2.48 bits per heavy atom. The van der Waals surface area contributed by atoms with Gasteiger partial charge in [0, 0.05) is 0 Å². The zero-order valence-electron chi connectivity index (χ0n) is 15.7. The van der Waals surface area contributed by atoms with E-state index in [0.29, 0.717) is 11.8 Å². The predicted octanol–water partition coefficient (Wildman–Crippen LogP) is 7.49. The molecule has 0 N–H and O–H groups in total. The fraction of sp³-hybridized carbons (Fsp3) is 0.360. The molecular weight excluding hydrogens is 300 g/mol. The first-order valence-corrected chi connectivity index (χ1v) is 9.82. The van der Waals surface area contributed by atoms with Gasteiger partial charge in [-0.2, -0.15) is 0 Å². The molecule has 0 bridgehead atoms. The van der Waals surface area contributed by atoms with Crippen molar-refractivity contribution in [2.45, 2.75) is 52.4 Å². The van der Waals surface area contributed by atoms with E-state index in [1.165, 1.54) is 51.9 Å². The van der Waals surface area contributed by atoms with Crippen molar-refractivity contribution < 1.29 is 0 Å². The van der Waals surface area contributed by atoms with Gasteiger partial charge in [0.2, 0.25) is 0 Å². The molecule has 0 aromatic heterocycles. The fourth-order valence-corrected chi connectivity index (χ4v) is 4.56. The highest BCUT2D eigenvalue weighted by Crippen LogP contribution is 2.42. The smallest absolute Gasteiger partial charge is 0.00990 e. The van der Waals surface area contributed by atoms with Gasteiger partial charge in [0.05, 0.1) is 0 Å². The van der Waals surface area contributed by atoms with Crippen LogP contribution < -0.4 is 0 Å². The van der Waals surface area contributed by atoms with E-state index in [9.17, 15) is 0 Å². The van der Waals surface area contributed by atoms with Crippen molar-refractivity contribution in [2.75, 3.05) is 0 Å². The molecule has 4 rings (SSSR count). The van der Waals surface area contributed by atoms with Gasteiger partial charge in [0.25, 0.3) is 0 Å². The molecule has 0 fully saturated rings. The lowest BCUT2D eigenvalue weighted by Crippen LogP contribution is -2.02. The molecule has 25 heavy (non-hydrogen) atoms. The zero-order chi connectivity index (χ0) is 17.4. The number of fused-ring (bicyclic) bond motifs is 6. The van der Waals surface area contributed by atoms with Gasteiger partial charge in [-0.3, -0.25) is 0 Å². The van der Waals surface area contributed by atoms with E-state index in [1.54, 1.807) is 5.56 Å². The summed E-state index contributed by atoms with van der Waals surface area (Å²) in [5, 5.41) is 5.73. The van der Waals surface area contributed by atoms with Crippen LogP contribution in [0.1, 0.15) is 62.6 Å². The van der Waals surface area contributed by atoms with E-state index >= 15 is 0 Å². The van der Waals surface area contributed by atoms with Crippen LogP contribution in [0.15, 0.2) is 48.5 Å². The first-order chi connectivity index (χ1) is 12.2. The van der Waals surface area contributed by atoms with Crippen LogP contribution in [-0.2, 0) is 6.42 Å². The fourth-order valence-electron chi connectivity index (χ4n) is 4.56. The van der Waals surface area contributed by atoms with Gasteiger partial charge in [0.1, 0.15) is 0 Å². The van der Waals surface area contributed by atoms with Gasteiger partial charge in [-0.15, -0.1) is 0 Å². The third-order valence-electron chi connectivity index (χ3n) is 5.68. The van der Waals surface area contributed by atoms with E-state index < -0.39 is 0 Å². The van der Waals surface area contributed by atoms with Crippen LogP contribution in [0.5, 0.6) is 0 Å². The largest absolute Gasteiger partial charge is 0.0839 e. The van der Waals surface area contributed by atoms with Crippen LogP contribution >= 0.6 is 0 Å². The van der Waals surface area contributed by atoms with Crippen LogP contribution in [-0.4, -0.2) is 0 Å². The lowest BCUT2D eigenvalue weighted by atomic mass is 9.83. The summed E-state index contributed by atoms with van der Waals surface area (Å²) in [6.45, 7) is 6.95. The quantitative estimate of drug-likeness (QED) is 0.437. The molecule has 3 aromatic rings. The van der Waals surface area contributed by atoms with E-state index in [-0.39, 0.29) is 0 Å². The van der Waals surface area contributed by atoms with Crippen molar-refractivity contribution in [3.63, 3.8) is 0 Å². The molecular formula is C25H28. The monoisotopic (exact) mass is 328 g/mol. The Morgan fingerprint density at radius 1 is 0.960 bits per heavy atom. The summed E-state index contributed by atoms with van der Waals surface area (Å²) in [6.07, 6.45) is 9.61. The Labute approximate surface area is 151 Å². The standard InChI is InChI=1S/C25H28/c1-4-19-9-5-6-12-23-24-16-18(15-17(2)3)13-14-21(24)20-10-7-8-11-22(20)25(19)23/h6-8,10-14,16-17,19H,4-5,9,15H2,1-3H3. The number of hydrogen-bond acceptors (Lipinski definition) is 0. The molecule has 0 heterocycles. The van der Waals surface area contributed by atoms with E-state index in [1.807, 2.05) is 0 Å². The average Bonchev–Trinajstić information content (AvgIpc) is 2.84. The van der Waals surface area contributed by atoms with Crippen LogP contribution in [0.2, 0.25) is 0 Å². The second kappa shape index (κ2) is 6.67. The molecule has 0 aliphatic heterocycles. The number of allylic oxidation sites excluding steroid dienone is 1. The second-order valence-electron chi connectivity index (χ2n) is 7.94. The maximum atomic E-state index is 2.46. The first-order valence-electron chi connectivity index (χ1n) is 9.82. The van der Waals surface area contributed by atoms with Crippen molar-refractivity contribution >= 4 is 27.6 Å². The number of hydrogen-bond donors (Lipinski definition) is 0. The molecule has 0 amide bonds. The Kier molecular flexibility index (Phi) is 4.37. The molecule has 1 atom stereocenters. The molecule has 0 radical (unpaired) electrons. The van der Waals surface area contributed by atoms with Crippen LogP contribution in [0, 0.1) is 5.92 Å². The normalized spacial score (nSPS) is 17.2. The summed E-state index contributed by atoms with van der Waals surface area (Å²) in [6, 6.07) is 16.2. The summed E-state index contributed by atoms with van der Waals surface area (Å²) in [7, 11) is 0. The first kappa shape index (κ1) is 16.4. The average molecular weight is 328 g/mol. The molecule has 1 aliphatic rings. The summed E-state index contributed by atoms with van der Waals surface area (Å²) in [5.41, 5.74) is 4.52. The molecule has 0 nitrogen and oxygen atoms in total. The SMILES string of the molecule is CCC1CCC=Cc2c1c1ccccc1c1ccc(CC(C)C)cc21. The third kappa shape index (κ3) is 2.88. The minimum absolute atomic E-state index is 0.660. The summed E-state index contributed by atoms with van der Waals surface area (Å²) in [5.74, 6) is 1.35. The Hall–Kier alpha value is -2.08. The topological polar surface area (TPSA) is 0 Å². The van der Waals surface area contributed by atoms with Gasteiger partial charge in [-0.25, -0.2) is 0 Å². The van der Waals surface area contributed by atoms with E-state index in [2.05, 4.69) is 75.4 Å². The Morgan fingerprint density at radius 2 is 1.72 bits per heavy atom. The lowest BCUT2D eigenvalue weighted by molar-refractivity contribution is 0.621. The maximum Gasteiger partial charge on any atom is -0.00990 e. The minimum Gasteiger partial charge on any atom is -0.0839 e.